The van der Waals surface area contributed by atoms with Gasteiger partial charge in [0.25, 0.3) is 0 Å². The van der Waals surface area contributed by atoms with Crippen molar-refractivity contribution in [2.24, 2.45) is 0 Å². The first kappa shape index (κ1) is 8.96. The summed E-state index contributed by atoms with van der Waals surface area (Å²) in [6, 6.07) is 7.92. The number of nitrogens with two attached hydrogens (primary N) is 1. The minimum Gasteiger partial charge on any atom is -0.368 e. The zero-order valence-electron chi connectivity index (χ0n) is 7.69. The van der Waals surface area contributed by atoms with Gasteiger partial charge >= 0.3 is 0 Å². The molecule has 1 aromatic carbocycles. The number of H-pyrrole nitrogens is 1. The lowest BCUT2D eigenvalue weighted by atomic mass is 10.2. The maximum atomic E-state index is 5.68. The third-order valence-electron chi connectivity index (χ3n) is 1.96. The lowest BCUT2D eigenvalue weighted by Crippen LogP contribution is -2.00. The van der Waals surface area contributed by atoms with Crippen LogP contribution < -0.4 is 5.73 Å². The minimum absolute atomic E-state index is 0.376. The predicted octanol–water partition coefficient (Wildman–Crippen LogP) is 1.82. The fourth-order valence-corrected chi connectivity index (χ4v) is 1.57. The van der Waals surface area contributed by atoms with Crippen LogP contribution in [0.3, 0.4) is 0 Å². The summed E-state index contributed by atoms with van der Waals surface area (Å²) in [4.78, 5) is 0. The molecule has 1 aromatic heterocycles. The van der Waals surface area contributed by atoms with Gasteiger partial charge in [-0.05, 0) is 36.8 Å². The summed E-state index contributed by atoms with van der Waals surface area (Å²) in [5, 5.41) is 6.49. The highest BCUT2D eigenvalue weighted by molar-refractivity contribution is 7.71. The summed E-state index contributed by atoms with van der Waals surface area (Å²) in [5.41, 5.74) is 7.77. The van der Waals surface area contributed by atoms with Crippen LogP contribution in [-0.4, -0.2) is 14.8 Å². The number of nitrogens with one attached hydrogen (secondary N) is 1. The quantitative estimate of drug-likeness (QED) is 0.700. The van der Waals surface area contributed by atoms with Gasteiger partial charge in [-0.3, -0.25) is 4.57 Å². The molecule has 3 N–H and O–H groups in total. The molecule has 0 radical (unpaired) electrons. The lowest BCUT2D eigenvalue weighted by molar-refractivity contribution is 1.03. The highest BCUT2D eigenvalue weighted by atomic mass is 32.1. The number of hydrogen-bond acceptors (Lipinski definition) is 3. The van der Waals surface area contributed by atoms with Gasteiger partial charge in [0.1, 0.15) is 0 Å². The van der Waals surface area contributed by atoms with Gasteiger partial charge in [-0.1, -0.05) is 12.1 Å². The fraction of sp³-hybridized carbons (Fsp3) is 0.111. The Morgan fingerprint density at radius 2 is 2.29 bits per heavy atom. The first-order valence-electron chi connectivity index (χ1n) is 4.18. The Kier molecular flexibility index (Phi) is 2.09. The third kappa shape index (κ3) is 1.42. The number of benzene rings is 1. The van der Waals surface area contributed by atoms with Crippen LogP contribution in [0, 0.1) is 11.7 Å². The van der Waals surface area contributed by atoms with Crippen molar-refractivity contribution in [3.63, 3.8) is 0 Å². The summed E-state index contributed by atoms with van der Waals surface area (Å²) in [6.07, 6.45) is 0. The van der Waals surface area contributed by atoms with Crippen molar-refractivity contribution in [2.75, 3.05) is 5.73 Å². The smallest absolute Gasteiger partial charge is 0.225 e. The normalized spacial score (nSPS) is 10.4. The number of aromatic amines is 1. The van der Waals surface area contributed by atoms with E-state index in [2.05, 4.69) is 10.2 Å². The average molecular weight is 206 g/mol. The molecule has 0 unspecified atom stereocenters. The van der Waals surface area contributed by atoms with E-state index < -0.39 is 0 Å². The second-order valence-corrected chi connectivity index (χ2v) is 3.45. The predicted molar refractivity (Wildman–Crippen MR) is 57.9 cm³/mol. The number of nitrogens with zero attached hydrogens (tertiary/aromatic N) is 2. The molecule has 1 heterocycles. The van der Waals surface area contributed by atoms with Crippen LogP contribution in [0.25, 0.3) is 5.69 Å². The van der Waals surface area contributed by atoms with Gasteiger partial charge < -0.3 is 5.73 Å². The van der Waals surface area contributed by atoms with E-state index in [1.165, 1.54) is 0 Å². The molecule has 2 aromatic rings. The molecule has 0 aliphatic rings. The van der Waals surface area contributed by atoms with Gasteiger partial charge in [0, 0.05) is 0 Å². The SMILES string of the molecule is Cc1cccc(-n2c(N)n[nH]c2=S)c1. The fourth-order valence-electron chi connectivity index (χ4n) is 1.33. The van der Waals surface area contributed by atoms with Crippen LogP contribution in [-0.2, 0) is 0 Å². The third-order valence-corrected chi connectivity index (χ3v) is 2.23. The van der Waals surface area contributed by atoms with E-state index in [0.717, 1.165) is 11.3 Å². The average Bonchev–Trinajstić information content (AvgIpc) is 2.46. The molecule has 14 heavy (non-hydrogen) atoms. The van der Waals surface area contributed by atoms with E-state index in [1.807, 2.05) is 31.2 Å². The number of aryl methyl sites for hydroxylation is 1. The molecule has 0 saturated carbocycles. The highest BCUT2D eigenvalue weighted by Crippen LogP contribution is 2.13. The summed E-state index contributed by atoms with van der Waals surface area (Å²) in [6.45, 7) is 2.02. The van der Waals surface area contributed by atoms with Crippen LogP contribution in [0.15, 0.2) is 24.3 Å². The Balaban J connectivity index is 2.66. The van der Waals surface area contributed by atoms with Crippen molar-refractivity contribution in [3.05, 3.63) is 34.6 Å². The summed E-state index contributed by atoms with van der Waals surface area (Å²) in [7, 11) is 0. The Labute approximate surface area is 86.4 Å². The molecule has 72 valence electrons. The monoisotopic (exact) mass is 206 g/mol. The second kappa shape index (κ2) is 3.26. The van der Waals surface area contributed by atoms with Crippen molar-refractivity contribution in [3.8, 4) is 5.69 Å². The first-order chi connectivity index (χ1) is 6.68. The van der Waals surface area contributed by atoms with E-state index in [1.54, 1.807) is 4.57 Å². The van der Waals surface area contributed by atoms with Crippen LogP contribution in [0.5, 0.6) is 0 Å². The van der Waals surface area contributed by atoms with Gasteiger partial charge in [-0.15, -0.1) is 5.10 Å². The zero-order valence-corrected chi connectivity index (χ0v) is 8.51. The van der Waals surface area contributed by atoms with Gasteiger partial charge in [0.15, 0.2) is 0 Å². The number of nitrogen functional groups attached to an aromatic ring is 1. The molecule has 0 bridgehead atoms. The Morgan fingerprint density at radius 1 is 1.50 bits per heavy atom. The molecule has 0 aliphatic heterocycles. The van der Waals surface area contributed by atoms with E-state index in [-0.39, 0.29) is 0 Å². The van der Waals surface area contributed by atoms with E-state index in [4.69, 9.17) is 18.0 Å². The summed E-state index contributed by atoms with van der Waals surface area (Å²) >= 11 is 5.06. The largest absolute Gasteiger partial charge is 0.368 e. The zero-order chi connectivity index (χ0) is 10.1. The summed E-state index contributed by atoms with van der Waals surface area (Å²) < 4.78 is 2.20. The number of anilines is 1. The van der Waals surface area contributed by atoms with Crippen molar-refractivity contribution in [2.45, 2.75) is 6.92 Å². The summed E-state index contributed by atoms with van der Waals surface area (Å²) in [5.74, 6) is 0.376. The van der Waals surface area contributed by atoms with E-state index >= 15 is 0 Å². The van der Waals surface area contributed by atoms with Crippen LogP contribution >= 0.6 is 12.2 Å². The van der Waals surface area contributed by atoms with Crippen molar-refractivity contribution in [1.82, 2.24) is 14.8 Å². The number of aromatic nitrogens is 3. The van der Waals surface area contributed by atoms with Crippen molar-refractivity contribution >= 4 is 18.2 Å². The van der Waals surface area contributed by atoms with E-state index in [9.17, 15) is 0 Å². The van der Waals surface area contributed by atoms with Gasteiger partial charge in [-0.2, -0.15) is 0 Å². The molecule has 2 rings (SSSR count). The van der Waals surface area contributed by atoms with E-state index in [0.29, 0.717) is 10.7 Å². The van der Waals surface area contributed by atoms with Gasteiger partial charge in [0.05, 0.1) is 5.69 Å². The van der Waals surface area contributed by atoms with Crippen LogP contribution in [0.2, 0.25) is 0 Å². The van der Waals surface area contributed by atoms with Gasteiger partial charge in [0.2, 0.25) is 10.7 Å². The highest BCUT2D eigenvalue weighted by Gasteiger charge is 2.03. The molecular formula is C9H10N4S. The topological polar surface area (TPSA) is 59.6 Å². The molecule has 0 atom stereocenters. The first-order valence-corrected chi connectivity index (χ1v) is 4.59. The standard InChI is InChI=1S/C9H10N4S/c1-6-3-2-4-7(5-6)13-8(10)11-12-9(13)14/h2-5H,1H3,(H2,10,11)(H,12,14). The number of hydrogen-bond donors (Lipinski definition) is 2. The van der Waals surface area contributed by atoms with Gasteiger partial charge in [-0.25, -0.2) is 5.10 Å². The maximum absolute atomic E-state index is 5.68. The molecule has 0 aliphatic carbocycles. The molecule has 0 spiro atoms. The van der Waals surface area contributed by atoms with Crippen molar-refractivity contribution in [1.29, 1.82) is 0 Å². The Bertz CT molecular complexity index is 512. The molecule has 0 fully saturated rings. The molecule has 4 nitrogen and oxygen atoms in total. The molecule has 0 saturated heterocycles. The lowest BCUT2D eigenvalue weighted by Gasteiger charge is -2.03. The Morgan fingerprint density at radius 3 is 2.86 bits per heavy atom. The Hall–Kier alpha value is -1.62. The van der Waals surface area contributed by atoms with Crippen LogP contribution in [0.1, 0.15) is 5.56 Å². The molecule has 5 heteroatoms. The second-order valence-electron chi connectivity index (χ2n) is 3.06. The molecular weight excluding hydrogens is 196 g/mol. The minimum atomic E-state index is 0.376. The number of rotatable bonds is 1. The molecule has 0 amide bonds. The van der Waals surface area contributed by atoms with Crippen molar-refractivity contribution < 1.29 is 0 Å². The maximum Gasteiger partial charge on any atom is 0.225 e. The van der Waals surface area contributed by atoms with Crippen LogP contribution in [0.4, 0.5) is 5.95 Å².